The van der Waals surface area contributed by atoms with Crippen LogP contribution in [-0.4, -0.2) is 39.3 Å². The Bertz CT molecular complexity index is 974. The Labute approximate surface area is 172 Å². The van der Waals surface area contributed by atoms with Crippen LogP contribution in [0.3, 0.4) is 0 Å². The first kappa shape index (κ1) is 22.8. The van der Waals surface area contributed by atoms with Gasteiger partial charge in [0.1, 0.15) is 5.82 Å². The summed E-state index contributed by atoms with van der Waals surface area (Å²) >= 11 is 0. The minimum Gasteiger partial charge on any atom is -0.357 e. The number of rotatable bonds is 7. The van der Waals surface area contributed by atoms with Crippen molar-refractivity contribution in [3.63, 3.8) is 0 Å². The van der Waals surface area contributed by atoms with Crippen molar-refractivity contribution in [3.05, 3.63) is 65.0 Å². The lowest BCUT2D eigenvalue weighted by Gasteiger charge is -2.19. The summed E-state index contributed by atoms with van der Waals surface area (Å²) in [5.74, 6) is 0.277. The van der Waals surface area contributed by atoms with E-state index in [2.05, 4.69) is 15.6 Å². The third kappa shape index (κ3) is 5.77. The first-order valence-corrected chi connectivity index (χ1v) is 10.9. The van der Waals surface area contributed by atoms with E-state index < -0.39 is 10.0 Å². The Kier molecular flexibility index (Phi) is 7.75. The Morgan fingerprint density at radius 3 is 2.52 bits per heavy atom. The highest BCUT2D eigenvalue weighted by Gasteiger charge is 2.20. The van der Waals surface area contributed by atoms with Crippen LogP contribution in [0.4, 0.5) is 4.39 Å². The molecule has 0 radical (unpaired) electrons. The number of halogens is 1. The molecule has 0 spiro atoms. The summed E-state index contributed by atoms with van der Waals surface area (Å²) in [5.41, 5.74) is 2.00. The van der Waals surface area contributed by atoms with E-state index in [9.17, 15) is 12.8 Å². The smallest absolute Gasteiger partial charge is 0.242 e. The molecule has 0 amide bonds. The molecule has 0 saturated carbocycles. The molecule has 2 N–H and O–H groups in total. The molecular formula is C21H29FN4O2S. The number of nitrogens with zero attached hydrogens (tertiary/aromatic N) is 2. The normalized spacial score (nSPS) is 13.4. The first-order chi connectivity index (χ1) is 13.7. The molecule has 0 aliphatic heterocycles. The number of nitrogens with one attached hydrogen (secondary N) is 2. The molecular weight excluding hydrogens is 391 g/mol. The fourth-order valence-corrected chi connectivity index (χ4v) is 3.84. The van der Waals surface area contributed by atoms with E-state index in [1.807, 2.05) is 19.9 Å². The van der Waals surface area contributed by atoms with Gasteiger partial charge in [-0.3, -0.25) is 0 Å². The second kappa shape index (κ2) is 9.84. The quantitative estimate of drug-likeness (QED) is 0.533. The highest BCUT2D eigenvalue weighted by atomic mass is 32.2. The molecule has 29 heavy (non-hydrogen) atoms. The maximum Gasteiger partial charge on any atom is 0.242 e. The van der Waals surface area contributed by atoms with Crippen molar-refractivity contribution >= 4 is 16.0 Å². The lowest BCUT2D eigenvalue weighted by molar-refractivity contribution is 0.519. The molecule has 0 aliphatic rings. The van der Waals surface area contributed by atoms with Gasteiger partial charge in [0.05, 0.1) is 17.5 Å². The third-order valence-electron chi connectivity index (χ3n) is 4.53. The Balaban J connectivity index is 2.25. The van der Waals surface area contributed by atoms with Crippen LogP contribution < -0.4 is 10.6 Å². The van der Waals surface area contributed by atoms with E-state index in [4.69, 9.17) is 0 Å². The van der Waals surface area contributed by atoms with Gasteiger partial charge < -0.3 is 10.6 Å². The van der Waals surface area contributed by atoms with Crippen LogP contribution in [0.15, 0.2) is 52.4 Å². The van der Waals surface area contributed by atoms with Gasteiger partial charge in [0.2, 0.25) is 10.0 Å². The van der Waals surface area contributed by atoms with E-state index in [1.165, 1.54) is 24.5 Å². The summed E-state index contributed by atoms with van der Waals surface area (Å²) in [6.45, 7) is 6.41. The van der Waals surface area contributed by atoms with Gasteiger partial charge >= 0.3 is 0 Å². The van der Waals surface area contributed by atoms with E-state index in [-0.39, 0.29) is 23.3 Å². The zero-order valence-corrected chi connectivity index (χ0v) is 18.3. The van der Waals surface area contributed by atoms with Crippen molar-refractivity contribution in [3.8, 4) is 0 Å². The zero-order chi connectivity index (χ0) is 21.6. The lowest BCUT2D eigenvalue weighted by atomic mass is 10.1. The number of hydrogen-bond donors (Lipinski definition) is 2. The van der Waals surface area contributed by atoms with Crippen molar-refractivity contribution < 1.29 is 12.8 Å². The van der Waals surface area contributed by atoms with E-state index in [0.717, 1.165) is 5.56 Å². The number of benzene rings is 2. The standard InChI is InChI=1S/C21H29FN4O2S/c1-6-23-21(25-16(3)17-12-11-15(2)19(22)13-17)24-14-18-9-7-8-10-20(18)29(27,28)26(4)5/h7-13,16H,6,14H2,1-5H3,(H2,23,24,25). The molecule has 0 aliphatic carbocycles. The SMILES string of the molecule is CCNC(=NCc1ccccc1S(=O)(=O)N(C)C)NC(C)c1ccc(C)c(F)c1. The molecule has 1 atom stereocenters. The van der Waals surface area contributed by atoms with Gasteiger partial charge in [-0.1, -0.05) is 30.3 Å². The molecule has 6 nitrogen and oxygen atoms in total. The molecule has 8 heteroatoms. The Hall–Kier alpha value is -2.45. The van der Waals surface area contributed by atoms with E-state index in [1.54, 1.807) is 37.3 Å². The maximum atomic E-state index is 13.9. The molecule has 2 rings (SSSR count). The number of hydrogen-bond acceptors (Lipinski definition) is 3. The third-order valence-corrected chi connectivity index (χ3v) is 6.45. The van der Waals surface area contributed by atoms with Crippen LogP contribution in [0.5, 0.6) is 0 Å². The predicted octanol–water partition coefficient (Wildman–Crippen LogP) is 3.20. The Morgan fingerprint density at radius 1 is 1.21 bits per heavy atom. The molecule has 2 aromatic carbocycles. The molecule has 0 fully saturated rings. The van der Waals surface area contributed by atoms with Gasteiger partial charge in [-0.05, 0) is 49.6 Å². The van der Waals surface area contributed by atoms with Crippen LogP contribution in [0.2, 0.25) is 0 Å². The van der Waals surface area contributed by atoms with Crippen LogP contribution in [0.1, 0.15) is 36.6 Å². The molecule has 158 valence electrons. The number of aliphatic imine (C=N–C) groups is 1. The summed E-state index contributed by atoms with van der Waals surface area (Å²) in [5, 5.41) is 6.39. The largest absolute Gasteiger partial charge is 0.357 e. The van der Waals surface area contributed by atoms with Gasteiger partial charge in [0.15, 0.2) is 5.96 Å². The molecule has 1 unspecified atom stereocenters. The summed E-state index contributed by atoms with van der Waals surface area (Å²) in [7, 11) is -0.554. The average Bonchev–Trinajstić information content (AvgIpc) is 2.68. The second-order valence-corrected chi connectivity index (χ2v) is 9.09. The number of sulfonamides is 1. The molecule has 0 heterocycles. The molecule has 0 aromatic heterocycles. The minimum absolute atomic E-state index is 0.177. The van der Waals surface area contributed by atoms with Crippen LogP contribution >= 0.6 is 0 Å². The number of aryl methyl sites for hydroxylation is 1. The van der Waals surface area contributed by atoms with Crippen molar-refractivity contribution in [2.24, 2.45) is 4.99 Å². The van der Waals surface area contributed by atoms with Gasteiger partial charge in [-0.15, -0.1) is 0 Å². The zero-order valence-electron chi connectivity index (χ0n) is 17.5. The van der Waals surface area contributed by atoms with Gasteiger partial charge in [0.25, 0.3) is 0 Å². The van der Waals surface area contributed by atoms with Crippen molar-refractivity contribution in [1.82, 2.24) is 14.9 Å². The van der Waals surface area contributed by atoms with Crippen molar-refractivity contribution in [2.75, 3.05) is 20.6 Å². The van der Waals surface area contributed by atoms with Crippen molar-refractivity contribution in [2.45, 2.75) is 38.3 Å². The maximum absolute atomic E-state index is 13.9. The lowest BCUT2D eigenvalue weighted by Crippen LogP contribution is -2.38. The van der Waals surface area contributed by atoms with E-state index >= 15 is 0 Å². The Morgan fingerprint density at radius 2 is 1.90 bits per heavy atom. The summed E-state index contributed by atoms with van der Waals surface area (Å²) in [6, 6.07) is 11.8. The summed E-state index contributed by atoms with van der Waals surface area (Å²) < 4.78 is 40.2. The minimum atomic E-state index is -3.56. The molecule has 0 bridgehead atoms. The predicted molar refractivity (Wildman–Crippen MR) is 115 cm³/mol. The highest BCUT2D eigenvalue weighted by Crippen LogP contribution is 2.20. The second-order valence-electron chi connectivity index (χ2n) is 6.96. The number of guanidine groups is 1. The fraction of sp³-hybridized carbons (Fsp3) is 0.381. The highest BCUT2D eigenvalue weighted by molar-refractivity contribution is 7.89. The van der Waals surface area contributed by atoms with E-state index in [0.29, 0.717) is 23.6 Å². The topological polar surface area (TPSA) is 73.8 Å². The first-order valence-electron chi connectivity index (χ1n) is 9.48. The summed E-state index contributed by atoms with van der Waals surface area (Å²) in [6.07, 6.45) is 0. The molecule has 2 aromatic rings. The van der Waals surface area contributed by atoms with Gasteiger partial charge in [0, 0.05) is 20.6 Å². The van der Waals surface area contributed by atoms with Gasteiger partial charge in [-0.25, -0.2) is 22.1 Å². The fourth-order valence-electron chi connectivity index (χ4n) is 2.73. The monoisotopic (exact) mass is 420 g/mol. The van der Waals surface area contributed by atoms with Crippen molar-refractivity contribution in [1.29, 1.82) is 0 Å². The van der Waals surface area contributed by atoms with Crippen LogP contribution in [-0.2, 0) is 16.6 Å². The van der Waals surface area contributed by atoms with Crippen LogP contribution in [0, 0.1) is 12.7 Å². The van der Waals surface area contributed by atoms with Gasteiger partial charge in [-0.2, -0.15) is 0 Å². The van der Waals surface area contributed by atoms with Crippen LogP contribution in [0.25, 0.3) is 0 Å². The average molecular weight is 421 g/mol. The summed E-state index contributed by atoms with van der Waals surface area (Å²) in [4.78, 5) is 4.77. The molecule has 0 saturated heterocycles.